The van der Waals surface area contributed by atoms with E-state index in [4.69, 9.17) is 0 Å². The summed E-state index contributed by atoms with van der Waals surface area (Å²) in [5.41, 5.74) is 7.20. The molecule has 5 rings (SSSR count). The lowest BCUT2D eigenvalue weighted by Crippen LogP contribution is -2.27. The summed E-state index contributed by atoms with van der Waals surface area (Å²) in [7, 11) is 0. The Labute approximate surface area is 174 Å². The van der Waals surface area contributed by atoms with Crippen LogP contribution in [0.5, 0.6) is 0 Å². The number of thiophene rings is 1. The van der Waals surface area contributed by atoms with Crippen molar-refractivity contribution in [3.8, 4) is 0 Å². The normalized spacial score (nSPS) is 21.0. The van der Waals surface area contributed by atoms with Crippen molar-refractivity contribution in [3.05, 3.63) is 87.0 Å². The zero-order valence-corrected chi connectivity index (χ0v) is 17.3. The van der Waals surface area contributed by atoms with Crippen molar-refractivity contribution in [1.29, 1.82) is 0 Å². The summed E-state index contributed by atoms with van der Waals surface area (Å²) in [5.74, 6) is 0.424. The maximum atomic E-state index is 13.4. The number of anilines is 2. The molecule has 0 saturated heterocycles. The molecule has 0 spiro atoms. The van der Waals surface area contributed by atoms with Gasteiger partial charge in [0.05, 0.1) is 23.1 Å². The van der Waals surface area contributed by atoms with Gasteiger partial charge < -0.3 is 10.6 Å². The van der Waals surface area contributed by atoms with Gasteiger partial charge in [-0.1, -0.05) is 12.1 Å². The molecule has 2 N–H and O–H groups in total. The van der Waals surface area contributed by atoms with E-state index in [9.17, 15) is 4.79 Å². The molecule has 2 aliphatic rings. The minimum Gasteiger partial charge on any atom is -0.371 e. The number of carbonyl (C=O) groups excluding carboxylic acids is 1. The van der Waals surface area contributed by atoms with Crippen LogP contribution < -0.4 is 10.6 Å². The van der Waals surface area contributed by atoms with Gasteiger partial charge in [0.2, 0.25) is 0 Å². The Balaban J connectivity index is 1.65. The van der Waals surface area contributed by atoms with Gasteiger partial charge in [-0.15, -0.1) is 11.3 Å². The fourth-order valence-electron chi connectivity index (χ4n) is 4.31. The maximum absolute atomic E-state index is 13.4. The summed E-state index contributed by atoms with van der Waals surface area (Å²) < 4.78 is 0. The van der Waals surface area contributed by atoms with Crippen LogP contribution in [0.4, 0.5) is 11.4 Å². The fraction of sp³-hybridized carbons (Fsp3) is 0.250. The summed E-state index contributed by atoms with van der Waals surface area (Å²) in [6, 6.07) is 14.2. The van der Waals surface area contributed by atoms with E-state index in [1.807, 2.05) is 18.2 Å². The number of nitrogens with one attached hydrogen (secondary N) is 2. The van der Waals surface area contributed by atoms with Crippen molar-refractivity contribution in [2.24, 2.45) is 0 Å². The number of allylic oxidation sites excluding steroid dienone is 1. The Bertz CT molecular complexity index is 1100. The van der Waals surface area contributed by atoms with E-state index >= 15 is 0 Å². The second-order valence-corrected chi connectivity index (χ2v) is 8.85. The highest BCUT2D eigenvalue weighted by atomic mass is 32.1. The Morgan fingerprint density at radius 1 is 1.03 bits per heavy atom. The zero-order chi connectivity index (χ0) is 20.0. The summed E-state index contributed by atoms with van der Waals surface area (Å²) in [6.07, 6.45) is 3.16. The van der Waals surface area contributed by atoms with Gasteiger partial charge in [-0.3, -0.25) is 9.78 Å². The van der Waals surface area contributed by atoms with Gasteiger partial charge >= 0.3 is 0 Å². The van der Waals surface area contributed by atoms with Crippen LogP contribution in [0.2, 0.25) is 0 Å². The smallest absolute Gasteiger partial charge is 0.163 e. The Kier molecular flexibility index (Phi) is 4.47. The molecule has 146 valence electrons. The molecule has 2 aromatic heterocycles. The summed E-state index contributed by atoms with van der Waals surface area (Å²) >= 11 is 1.73. The molecular formula is C24H23N3OS. The third-order valence-electron chi connectivity index (χ3n) is 5.94. The molecule has 0 radical (unpaired) electrons. The first-order valence-corrected chi connectivity index (χ1v) is 10.8. The second-order valence-electron chi connectivity index (χ2n) is 7.88. The number of Topliss-reactive ketones (excluding diaryl/α,β-unsaturated/α-hetero) is 1. The van der Waals surface area contributed by atoms with E-state index < -0.39 is 0 Å². The molecule has 2 atom stereocenters. The van der Waals surface area contributed by atoms with Crippen LogP contribution in [0.3, 0.4) is 0 Å². The molecule has 1 aliphatic heterocycles. The SMILES string of the molecule is Cc1cc2c(cc1C)N[C@@H](c1ccccn1)C1=C(C[C@H](c3cccs3)CC1=O)N2. The number of ketones is 1. The molecule has 0 saturated carbocycles. The van der Waals surface area contributed by atoms with Crippen LogP contribution in [0.15, 0.2) is 65.3 Å². The Morgan fingerprint density at radius 2 is 1.86 bits per heavy atom. The zero-order valence-electron chi connectivity index (χ0n) is 16.5. The van der Waals surface area contributed by atoms with Crippen LogP contribution >= 0.6 is 11.3 Å². The van der Waals surface area contributed by atoms with Crippen LogP contribution in [0.1, 0.15) is 46.5 Å². The number of rotatable bonds is 2. The van der Waals surface area contributed by atoms with E-state index in [-0.39, 0.29) is 17.7 Å². The molecule has 0 fully saturated rings. The van der Waals surface area contributed by atoms with Gasteiger partial charge in [0.1, 0.15) is 0 Å². The predicted octanol–water partition coefficient (Wildman–Crippen LogP) is 5.74. The average Bonchev–Trinajstić information content (AvgIpc) is 3.20. The quantitative estimate of drug-likeness (QED) is 0.575. The van der Waals surface area contributed by atoms with Crippen LogP contribution in [-0.4, -0.2) is 10.8 Å². The lowest BCUT2D eigenvalue weighted by atomic mass is 9.81. The highest BCUT2D eigenvalue weighted by Crippen LogP contribution is 2.45. The van der Waals surface area contributed by atoms with Gasteiger partial charge in [0, 0.05) is 34.7 Å². The molecule has 0 bridgehead atoms. The van der Waals surface area contributed by atoms with Crippen molar-refractivity contribution in [2.45, 2.75) is 38.6 Å². The second kappa shape index (κ2) is 7.16. The lowest BCUT2D eigenvalue weighted by molar-refractivity contribution is -0.116. The molecule has 1 aromatic carbocycles. The minimum atomic E-state index is -0.251. The number of nitrogens with zero attached hydrogens (tertiary/aromatic N) is 1. The monoisotopic (exact) mass is 401 g/mol. The van der Waals surface area contributed by atoms with Crippen LogP contribution in [-0.2, 0) is 4.79 Å². The number of benzene rings is 1. The van der Waals surface area contributed by atoms with Crippen molar-refractivity contribution >= 4 is 28.5 Å². The van der Waals surface area contributed by atoms with E-state index in [2.05, 4.69) is 59.1 Å². The van der Waals surface area contributed by atoms with Crippen molar-refractivity contribution < 1.29 is 4.79 Å². The molecule has 0 amide bonds. The molecule has 4 nitrogen and oxygen atoms in total. The van der Waals surface area contributed by atoms with Gasteiger partial charge in [-0.25, -0.2) is 0 Å². The lowest BCUT2D eigenvalue weighted by Gasteiger charge is -2.28. The molecule has 1 aliphatic carbocycles. The number of pyridine rings is 1. The van der Waals surface area contributed by atoms with E-state index in [0.29, 0.717) is 6.42 Å². The van der Waals surface area contributed by atoms with Crippen molar-refractivity contribution in [1.82, 2.24) is 4.98 Å². The summed E-state index contributed by atoms with van der Waals surface area (Å²) in [5, 5.41) is 9.33. The Hall–Kier alpha value is -2.92. The number of hydrogen-bond donors (Lipinski definition) is 2. The largest absolute Gasteiger partial charge is 0.371 e. The topological polar surface area (TPSA) is 54.0 Å². The third-order valence-corrected chi connectivity index (χ3v) is 6.98. The first-order chi connectivity index (χ1) is 14.1. The van der Waals surface area contributed by atoms with Crippen molar-refractivity contribution in [2.75, 3.05) is 10.6 Å². The van der Waals surface area contributed by atoms with Gasteiger partial charge in [-0.2, -0.15) is 0 Å². The number of fused-ring (bicyclic) bond motifs is 1. The number of carbonyl (C=O) groups is 1. The van der Waals surface area contributed by atoms with E-state index in [1.54, 1.807) is 17.5 Å². The third kappa shape index (κ3) is 3.25. The standard InChI is InChI=1S/C24H23N3OS/c1-14-10-18-19(11-15(14)2)27-24(17-6-3-4-8-25-17)23-20(26-18)12-16(13-21(23)28)22-7-5-9-29-22/h3-11,16,24,26-27H,12-13H2,1-2H3/t16-,24-/m0/s1. The molecule has 3 heterocycles. The van der Waals surface area contributed by atoms with E-state index in [0.717, 1.165) is 34.8 Å². The van der Waals surface area contributed by atoms with Crippen molar-refractivity contribution in [3.63, 3.8) is 0 Å². The van der Waals surface area contributed by atoms with E-state index in [1.165, 1.54) is 16.0 Å². The molecule has 29 heavy (non-hydrogen) atoms. The molecular weight excluding hydrogens is 378 g/mol. The number of aromatic nitrogens is 1. The first-order valence-electron chi connectivity index (χ1n) is 9.95. The highest BCUT2D eigenvalue weighted by Gasteiger charge is 2.36. The maximum Gasteiger partial charge on any atom is 0.163 e. The van der Waals surface area contributed by atoms with Crippen LogP contribution in [0, 0.1) is 13.8 Å². The van der Waals surface area contributed by atoms with Gasteiger partial charge in [-0.05, 0) is 67.1 Å². The molecule has 5 heteroatoms. The average molecular weight is 402 g/mol. The Morgan fingerprint density at radius 3 is 2.59 bits per heavy atom. The predicted molar refractivity (Wildman–Crippen MR) is 118 cm³/mol. The highest BCUT2D eigenvalue weighted by molar-refractivity contribution is 7.10. The summed E-state index contributed by atoms with van der Waals surface area (Å²) in [4.78, 5) is 19.2. The summed E-state index contributed by atoms with van der Waals surface area (Å²) in [6.45, 7) is 4.23. The number of aryl methyl sites for hydroxylation is 2. The minimum absolute atomic E-state index is 0.196. The number of hydrogen-bond acceptors (Lipinski definition) is 5. The molecule has 3 aromatic rings. The fourth-order valence-corrected chi connectivity index (χ4v) is 5.14. The van der Waals surface area contributed by atoms with Gasteiger partial charge in [0.15, 0.2) is 5.78 Å². The van der Waals surface area contributed by atoms with Crippen LogP contribution in [0.25, 0.3) is 0 Å². The first kappa shape index (κ1) is 18.1. The van der Waals surface area contributed by atoms with Gasteiger partial charge in [0.25, 0.3) is 0 Å². The molecule has 0 unspecified atom stereocenters.